The highest BCUT2D eigenvalue weighted by molar-refractivity contribution is 9.10. The number of nitrogens with zero attached hydrogens (tertiary/aromatic N) is 1. The van der Waals surface area contributed by atoms with Crippen molar-refractivity contribution in [2.75, 3.05) is 0 Å². The lowest BCUT2D eigenvalue weighted by Crippen LogP contribution is -1.87. The van der Waals surface area contributed by atoms with Crippen molar-refractivity contribution in [3.8, 4) is 0 Å². The van der Waals surface area contributed by atoms with Crippen LogP contribution < -0.4 is 0 Å². The van der Waals surface area contributed by atoms with Gasteiger partial charge in [-0.05, 0) is 23.6 Å². The van der Waals surface area contributed by atoms with E-state index in [9.17, 15) is 0 Å². The standard InChI is InChI=1S/C17H12BrN/c1-19-16-9-7-12(18)10-15(16)14-8-6-11-4-2-3-5-13(11)17(14)19/h2-10H,1H3. The molecular weight excluding hydrogens is 298 g/mol. The summed E-state index contributed by atoms with van der Waals surface area (Å²) in [6, 6.07) is 19.5. The van der Waals surface area contributed by atoms with E-state index < -0.39 is 0 Å². The van der Waals surface area contributed by atoms with Crippen LogP contribution in [0.5, 0.6) is 0 Å². The second-order valence-corrected chi connectivity index (χ2v) is 5.82. The quantitative estimate of drug-likeness (QED) is 0.418. The third-order valence-corrected chi connectivity index (χ3v) is 4.34. The molecule has 0 radical (unpaired) electrons. The summed E-state index contributed by atoms with van der Waals surface area (Å²) in [7, 11) is 2.14. The van der Waals surface area contributed by atoms with Gasteiger partial charge in [-0.3, -0.25) is 0 Å². The minimum atomic E-state index is 1.13. The van der Waals surface area contributed by atoms with Gasteiger partial charge in [-0.25, -0.2) is 0 Å². The maximum atomic E-state index is 3.57. The molecule has 0 atom stereocenters. The van der Waals surface area contributed by atoms with Gasteiger partial charge in [-0.1, -0.05) is 52.3 Å². The van der Waals surface area contributed by atoms with E-state index in [2.05, 4.69) is 82.1 Å². The van der Waals surface area contributed by atoms with Crippen molar-refractivity contribution in [3.63, 3.8) is 0 Å². The van der Waals surface area contributed by atoms with E-state index in [1.54, 1.807) is 0 Å². The Labute approximate surface area is 119 Å². The molecule has 0 saturated carbocycles. The zero-order valence-corrected chi connectivity index (χ0v) is 12.1. The highest BCUT2D eigenvalue weighted by Gasteiger charge is 2.10. The summed E-state index contributed by atoms with van der Waals surface area (Å²) < 4.78 is 3.42. The highest BCUT2D eigenvalue weighted by atomic mass is 79.9. The first-order valence-electron chi connectivity index (χ1n) is 6.31. The minimum Gasteiger partial charge on any atom is -0.343 e. The zero-order chi connectivity index (χ0) is 13.0. The van der Waals surface area contributed by atoms with Crippen LogP contribution in [-0.2, 0) is 7.05 Å². The maximum Gasteiger partial charge on any atom is 0.0568 e. The number of aryl methyl sites for hydroxylation is 1. The Morgan fingerprint density at radius 2 is 1.68 bits per heavy atom. The third kappa shape index (κ3) is 1.47. The molecule has 0 unspecified atom stereocenters. The van der Waals surface area contributed by atoms with Crippen LogP contribution >= 0.6 is 15.9 Å². The normalized spacial score (nSPS) is 11.7. The van der Waals surface area contributed by atoms with E-state index in [0.29, 0.717) is 0 Å². The van der Waals surface area contributed by atoms with Crippen molar-refractivity contribution in [2.45, 2.75) is 0 Å². The summed E-state index contributed by atoms with van der Waals surface area (Å²) in [4.78, 5) is 0. The smallest absolute Gasteiger partial charge is 0.0568 e. The van der Waals surface area contributed by atoms with E-state index in [1.807, 2.05) is 0 Å². The van der Waals surface area contributed by atoms with Gasteiger partial charge in [0.1, 0.15) is 0 Å². The lowest BCUT2D eigenvalue weighted by atomic mass is 10.1. The van der Waals surface area contributed by atoms with E-state index in [1.165, 1.54) is 32.6 Å². The van der Waals surface area contributed by atoms with Crippen LogP contribution in [0, 0.1) is 0 Å². The molecule has 1 nitrogen and oxygen atoms in total. The Morgan fingerprint density at radius 1 is 0.842 bits per heavy atom. The molecule has 0 aliphatic rings. The van der Waals surface area contributed by atoms with Crippen molar-refractivity contribution in [1.82, 2.24) is 4.57 Å². The maximum absolute atomic E-state index is 3.57. The van der Waals surface area contributed by atoms with Crippen LogP contribution in [-0.4, -0.2) is 4.57 Å². The third-order valence-electron chi connectivity index (χ3n) is 3.85. The number of benzene rings is 3. The molecule has 0 fully saturated rings. The van der Waals surface area contributed by atoms with Gasteiger partial charge in [-0.15, -0.1) is 0 Å². The van der Waals surface area contributed by atoms with Gasteiger partial charge < -0.3 is 4.57 Å². The topological polar surface area (TPSA) is 4.93 Å². The van der Waals surface area contributed by atoms with Crippen LogP contribution in [0.4, 0.5) is 0 Å². The first kappa shape index (κ1) is 11.1. The average molecular weight is 310 g/mol. The van der Waals surface area contributed by atoms with Crippen molar-refractivity contribution in [1.29, 1.82) is 0 Å². The molecule has 92 valence electrons. The molecule has 2 heteroatoms. The summed E-state index contributed by atoms with van der Waals surface area (Å²) in [5, 5.41) is 5.23. The molecular formula is C17H12BrN. The van der Waals surface area contributed by atoms with Crippen molar-refractivity contribution >= 4 is 48.5 Å². The number of rotatable bonds is 0. The second kappa shape index (κ2) is 3.84. The van der Waals surface area contributed by atoms with E-state index in [-0.39, 0.29) is 0 Å². The van der Waals surface area contributed by atoms with Crippen molar-refractivity contribution in [3.05, 3.63) is 59.1 Å². The van der Waals surface area contributed by atoms with E-state index >= 15 is 0 Å². The summed E-state index contributed by atoms with van der Waals surface area (Å²) in [5.74, 6) is 0. The molecule has 0 aliphatic carbocycles. The van der Waals surface area contributed by atoms with Gasteiger partial charge in [0.2, 0.25) is 0 Å². The largest absolute Gasteiger partial charge is 0.343 e. The van der Waals surface area contributed by atoms with Crippen LogP contribution in [0.3, 0.4) is 0 Å². The first-order valence-corrected chi connectivity index (χ1v) is 7.10. The number of hydrogen-bond acceptors (Lipinski definition) is 0. The van der Waals surface area contributed by atoms with E-state index in [0.717, 1.165) is 4.47 Å². The molecule has 0 spiro atoms. The molecule has 3 aromatic carbocycles. The lowest BCUT2D eigenvalue weighted by Gasteiger charge is -2.02. The summed E-state index contributed by atoms with van der Waals surface area (Å²) in [6.45, 7) is 0. The molecule has 19 heavy (non-hydrogen) atoms. The fourth-order valence-corrected chi connectivity index (χ4v) is 3.33. The predicted octanol–water partition coefficient (Wildman–Crippen LogP) is 5.25. The zero-order valence-electron chi connectivity index (χ0n) is 10.5. The van der Waals surface area contributed by atoms with Crippen molar-refractivity contribution in [2.24, 2.45) is 7.05 Å². The van der Waals surface area contributed by atoms with Crippen LogP contribution in [0.25, 0.3) is 32.6 Å². The Kier molecular flexibility index (Phi) is 2.24. The van der Waals surface area contributed by atoms with Gasteiger partial charge in [-0.2, -0.15) is 0 Å². The fraction of sp³-hybridized carbons (Fsp3) is 0.0588. The first-order chi connectivity index (χ1) is 9.25. The molecule has 0 amide bonds. The monoisotopic (exact) mass is 309 g/mol. The Bertz CT molecular complexity index is 934. The van der Waals surface area contributed by atoms with Gasteiger partial charge in [0.15, 0.2) is 0 Å². The number of hydrogen-bond donors (Lipinski definition) is 0. The summed E-state index contributed by atoms with van der Waals surface area (Å²) in [6.07, 6.45) is 0. The molecule has 1 heterocycles. The number of fused-ring (bicyclic) bond motifs is 5. The number of halogens is 1. The Hall–Kier alpha value is -1.80. The highest BCUT2D eigenvalue weighted by Crippen LogP contribution is 2.34. The average Bonchev–Trinajstić information content (AvgIpc) is 2.72. The Balaban J connectivity index is 2.35. The lowest BCUT2D eigenvalue weighted by molar-refractivity contribution is 1.02. The van der Waals surface area contributed by atoms with Crippen LogP contribution in [0.15, 0.2) is 59.1 Å². The van der Waals surface area contributed by atoms with Crippen molar-refractivity contribution < 1.29 is 0 Å². The van der Waals surface area contributed by atoms with Gasteiger partial charge in [0.25, 0.3) is 0 Å². The van der Waals surface area contributed by atoms with Gasteiger partial charge in [0, 0.05) is 33.2 Å². The SMILES string of the molecule is Cn1c2ccc(Br)cc2c2ccc3ccccc3c21. The predicted molar refractivity (Wildman–Crippen MR) is 85.6 cm³/mol. The van der Waals surface area contributed by atoms with Gasteiger partial charge in [0.05, 0.1) is 5.52 Å². The molecule has 0 N–H and O–H groups in total. The molecule has 0 bridgehead atoms. The summed E-state index contributed by atoms with van der Waals surface area (Å²) in [5.41, 5.74) is 2.58. The Morgan fingerprint density at radius 3 is 2.58 bits per heavy atom. The van der Waals surface area contributed by atoms with Crippen LogP contribution in [0.2, 0.25) is 0 Å². The van der Waals surface area contributed by atoms with E-state index in [4.69, 9.17) is 0 Å². The molecule has 0 saturated heterocycles. The number of aromatic nitrogens is 1. The molecule has 4 rings (SSSR count). The molecule has 4 aromatic rings. The molecule has 1 aromatic heterocycles. The molecule has 0 aliphatic heterocycles. The fourth-order valence-electron chi connectivity index (χ4n) is 2.97. The minimum absolute atomic E-state index is 1.13. The summed E-state index contributed by atoms with van der Waals surface area (Å²) >= 11 is 3.57. The van der Waals surface area contributed by atoms with Gasteiger partial charge >= 0.3 is 0 Å². The second-order valence-electron chi connectivity index (χ2n) is 4.90. The van der Waals surface area contributed by atoms with Crippen LogP contribution in [0.1, 0.15) is 0 Å².